The number of hydrogen-bond donors (Lipinski definition) is 0. The van der Waals surface area contributed by atoms with E-state index >= 15 is 0 Å². The Morgan fingerprint density at radius 2 is 2.50 bits per heavy atom. The highest BCUT2D eigenvalue weighted by Gasteiger charge is 1.94. The highest BCUT2D eigenvalue weighted by molar-refractivity contribution is 5.31. The van der Waals surface area contributed by atoms with Crippen LogP contribution in [0.25, 0.3) is 0 Å². The molecule has 0 spiro atoms. The molecule has 42 valence electrons. The molecule has 0 radical (unpaired) electrons. The van der Waals surface area contributed by atoms with Gasteiger partial charge < -0.3 is 4.52 Å². The predicted molar refractivity (Wildman–Crippen MR) is 28.2 cm³/mol. The summed E-state index contributed by atoms with van der Waals surface area (Å²) in [5.74, 6) is 0.576. The highest BCUT2D eigenvalue weighted by Crippen LogP contribution is 2.03. The fraction of sp³-hybridized carbons (Fsp3) is 0.250. The topological polar surface area (TPSA) is 51.3 Å². The second-order valence-corrected chi connectivity index (χ2v) is 1.28. The van der Waals surface area contributed by atoms with Crippen LogP contribution in [0.3, 0.4) is 0 Å². The van der Waals surface area contributed by atoms with Gasteiger partial charge in [0.15, 0.2) is 5.82 Å². The van der Waals surface area contributed by atoms with Crippen molar-refractivity contribution in [3.63, 3.8) is 0 Å². The molecule has 0 aliphatic heterocycles. The maximum Gasteiger partial charge on any atom is 0.346 e. The second-order valence-electron chi connectivity index (χ2n) is 1.28. The van der Waals surface area contributed by atoms with Crippen molar-refractivity contribution >= 4 is 12.7 Å². The molecule has 0 fully saturated rings. The number of aryl methyl sites for hydroxylation is 1. The molecular weight excluding hydrogens is 106 g/mol. The summed E-state index contributed by atoms with van der Waals surface area (Å²) >= 11 is 0. The summed E-state index contributed by atoms with van der Waals surface area (Å²) in [6.07, 6.45) is 0. The average Bonchev–Trinajstić information content (AvgIpc) is 2.14. The van der Waals surface area contributed by atoms with Crippen molar-refractivity contribution in [3.8, 4) is 0 Å². The van der Waals surface area contributed by atoms with Gasteiger partial charge >= 0.3 is 6.01 Å². The van der Waals surface area contributed by atoms with Gasteiger partial charge in [0.25, 0.3) is 0 Å². The van der Waals surface area contributed by atoms with Crippen LogP contribution in [0.4, 0.5) is 6.01 Å². The molecule has 4 nitrogen and oxygen atoms in total. The first-order valence-electron chi connectivity index (χ1n) is 2.10. The molecule has 1 aromatic heterocycles. The Balaban J connectivity index is 3.00. The number of rotatable bonds is 1. The first-order chi connectivity index (χ1) is 3.83. The Morgan fingerprint density at radius 3 is 2.75 bits per heavy atom. The van der Waals surface area contributed by atoms with Crippen LogP contribution in [-0.2, 0) is 0 Å². The number of hydrogen-bond acceptors (Lipinski definition) is 4. The van der Waals surface area contributed by atoms with Gasteiger partial charge in [0.05, 0.1) is 0 Å². The highest BCUT2D eigenvalue weighted by atomic mass is 16.5. The van der Waals surface area contributed by atoms with E-state index in [2.05, 4.69) is 26.4 Å². The van der Waals surface area contributed by atoms with Crippen LogP contribution in [-0.4, -0.2) is 16.9 Å². The summed E-state index contributed by atoms with van der Waals surface area (Å²) in [4.78, 5) is 7.12. The molecule has 4 heteroatoms. The molecule has 1 rings (SSSR count). The lowest BCUT2D eigenvalue weighted by Gasteiger charge is -1.68. The SMILES string of the molecule is C=Nc1nc(C)no1. The monoisotopic (exact) mass is 111 g/mol. The predicted octanol–water partition coefficient (Wildman–Crippen LogP) is 0.710. The maximum absolute atomic E-state index is 4.52. The summed E-state index contributed by atoms with van der Waals surface area (Å²) in [6, 6.07) is 0.225. The Morgan fingerprint density at radius 1 is 1.75 bits per heavy atom. The molecule has 0 unspecified atom stereocenters. The van der Waals surface area contributed by atoms with Crippen LogP contribution >= 0.6 is 0 Å². The van der Waals surface area contributed by atoms with E-state index < -0.39 is 0 Å². The Hall–Kier alpha value is -1.19. The lowest BCUT2D eigenvalue weighted by Crippen LogP contribution is -1.68. The zero-order valence-electron chi connectivity index (χ0n) is 4.46. The summed E-state index contributed by atoms with van der Waals surface area (Å²) < 4.78 is 4.52. The van der Waals surface area contributed by atoms with E-state index in [0.717, 1.165) is 0 Å². The standard InChI is InChI=1S/C4H5N3O/c1-3-6-4(5-2)8-7-3/h2H2,1H3. The third kappa shape index (κ3) is 0.726. The lowest BCUT2D eigenvalue weighted by molar-refractivity contribution is 0.424. The van der Waals surface area contributed by atoms with Crippen molar-refractivity contribution in [2.75, 3.05) is 0 Å². The smallest absolute Gasteiger partial charge is 0.313 e. The van der Waals surface area contributed by atoms with E-state index in [-0.39, 0.29) is 6.01 Å². The molecule has 0 amide bonds. The Kier molecular flexibility index (Phi) is 1.07. The molecule has 0 bridgehead atoms. The van der Waals surface area contributed by atoms with E-state index in [4.69, 9.17) is 0 Å². The van der Waals surface area contributed by atoms with E-state index in [1.165, 1.54) is 0 Å². The molecule has 0 aliphatic rings. The number of aliphatic imine (C=N–C) groups is 1. The van der Waals surface area contributed by atoms with Crippen molar-refractivity contribution in [1.29, 1.82) is 0 Å². The minimum Gasteiger partial charge on any atom is -0.313 e. The first-order valence-corrected chi connectivity index (χ1v) is 2.10. The number of aromatic nitrogens is 2. The Labute approximate surface area is 46.2 Å². The van der Waals surface area contributed by atoms with Gasteiger partial charge in [0.1, 0.15) is 0 Å². The molecule has 8 heavy (non-hydrogen) atoms. The van der Waals surface area contributed by atoms with E-state index in [0.29, 0.717) is 5.82 Å². The van der Waals surface area contributed by atoms with Gasteiger partial charge in [-0.05, 0) is 13.6 Å². The third-order valence-electron chi connectivity index (χ3n) is 0.652. The van der Waals surface area contributed by atoms with Crippen molar-refractivity contribution in [2.24, 2.45) is 4.99 Å². The van der Waals surface area contributed by atoms with Crippen LogP contribution < -0.4 is 0 Å². The fourth-order valence-electron chi connectivity index (χ4n) is 0.350. The third-order valence-corrected chi connectivity index (χ3v) is 0.652. The second kappa shape index (κ2) is 1.73. The quantitative estimate of drug-likeness (QED) is 0.501. The van der Waals surface area contributed by atoms with Gasteiger partial charge in [-0.3, -0.25) is 0 Å². The summed E-state index contributed by atoms with van der Waals surface area (Å²) in [7, 11) is 0. The van der Waals surface area contributed by atoms with E-state index in [1.807, 2.05) is 0 Å². The zero-order chi connectivity index (χ0) is 5.98. The van der Waals surface area contributed by atoms with Crippen LogP contribution in [0, 0.1) is 6.92 Å². The van der Waals surface area contributed by atoms with Crippen molar-refractivity contribution in [3.05, 3.63) is 5.82 Å². The van der Waals surface area contributed by atoms with E-state index in [1.54, 1.807) is 6.92 Å². The molecule has 0 aliphatic carbocycles. The van der Waals surface area contributed by atoms with Gasteiger partial charge in [-0.1, -0.05) is 5.16 Å². The molecule has 1 aromatic rings. The van der Waals surface area contributed by atoms with Gasteiger partial charge in [-0.25, -0.2) is 4.99 Å². The van der Waals surface area contributed by atoms with Crippen molar-refractivity contribution < 1.29 is 4.52 Å². The van der Waals surface area contributed by atoms with Crippen LogP contribution in [0.5, 0.6) is 0 Å². The summed E-state index contributed by atoms with van der Waals surface area (Å²) in [6.45, 7) is 4.92. The zero-order valence-corrected chi connectivity index (χ0v) is 4.46. The van der Waals surface area contributed by atoms with Crippen molar-refractivity contribution in [2.45, 2.75) is 6.92 Å². The summed E-state index contributed by atoms with van der Waals surface area (Å²) in [5.41, 5.74) is 0. The van der Waals surface area contributed by atoms with Crippen molar-refractivity contribution in [1.82, 2.24) is 10.1 Å². The largest absolute Gasteiger partial charge is 0.346 e. The average molecular weight is 111 g/mol. The van der Waals surface area contributed by atoms with Crippen LogP contribution in [0.1, 0.15) is 5.82 Å². The lowest BCUT2D eigenvalue weighted by atomic mass is 10.8. The molecule has 0 atom stereocenters. The van der Waals surface area contributed by atoms with Gasteiger partial charge in [-0.2, -0.15) is 4.98 Å². The number of nitrogens with zero attached hydrogens (tertiary/aromatic N) is 3. The molecule has 1 heterocycles. The van der Waals surface area contributed by atoms with Gasteiger partial charge in [0, 0.05) is 0 Å². The minimum absolute atomic E-state index is 0.225. The van der Waals surface area contributed by atoms with Gasteiger partial charge in [0.2, 0.25) is 0 Å². The molecular formula is C4H5N3O. The first kappa shape index (κ1) is 4.96. The van der Waals surface area contributed by atoms with E-state index in [9.17, 15) is 0 Å². The molecule has 0 aromatic carbocycles. The Bertz CT molecular complexity index is 193. The fourth-order valence-corrected chi connectivity index (χ4v) is 0.350. The van der Waals surface area contributed by atoms with Crippen LogP contribution in [0.2, 0.25) is 0 Å². The maximum atomic E-state index is 4.52. The molecule has 0 saturated heterocycles. The minimum atomic E-state index is 0.225. The molecule has 0 saturated carbocycles. The van der Waals surface area contributed by atoms with Crippen LogP contribution in [0.15, 0.2) is 9.52 Å². The normalized spacial score (nSPS) is 9.12. The van der Waals surface area contributed by atoms with Gasteiger partial charge in [-0.15, -0.1) is 0 Å². The molecule has 0 N–H and O–H groups in total. The summed E-state index contributed by atoms with van der Waals surface area (Å²) in [5, 5.41) is 3.47.